The molecule has 0 radical (unpaired) electrons. The topological polar surface area (TPSA) is 48.5 Å². The molecule has 0 fully saturated rings. The molecule has 0 amide bonds. The SMILES string of the molecule is Cc1cc(-n2c3ccccc3c3ccc4c5ccccc5n(-c5c(F)cccc5F)c4c32)ccc1-c1nc(-c2ccccc2)nc(-c2ccccc2)n1. The van der Waals surface area contributed by atoms with Gasteiger partial charge in [-0.25, -0.2) is 23.7 Å². The minimum Gasteiger partial charge on any atom is -0.307 e. The van der Waals surface area contributed by atoms with Gasteiger partial charge in [-0.15, -0.1) is 0 Å². The van der Waals surface area contributed by atoms with Gasteiger partial charge in [-0.3, -0.25) is 0 Å². The smallest absolute Gasteiger partial charge is 0.164 e. The fraction of sp³-hybridized carbons (Fsp3) is 0.0217. The molecule has 3 heterocycles. The summed E-state index contributed by atoms with van der Waals surface area (Å²) in [6.45, 7) is 2.06. The zero-order valence-corrected chi connectivity index (χ0v) is 28.5. The molecule has 252 valence electrons. The molecular formula is C46H29F2N5. The Hall–Kier alpha value is -6.99. The lowest BCUT2D eigenvalue weighted by atomic mass is 10.1. The van der Waals surface area contributed by atoms with Crippen LogP contribution in [0.1, 0.15) is 5.56 Å². The Morgan fingerprint density at radius 1 is 0.434 bits per heavy atom. The first-order chi connectivity index (χ1) is 26.0. The van der Waals surface area contributed by atoms with Crippen LogP contribution in [0.3, 0.4) is 0 Å². The molecule has 3 aromatic heterocycles. The van der Waals surface area contributed by atoms with Gasteiger partial charge in [0.05, 0.1) is 22.1 Å². The van der Waals surface area contributed by atoms with E-state index in [0.29, 0.717) is 17.5 Å². The average Bonchev–Trinajstić information content (AvgIpc) is 3.71. The predicted molar refractivity (Wildman–Crippen MR) is 209 cm³/mol. The Morgan fingerprint density at radius 3 is 1.49 bits per heavy atom. The summed E-state index contributed by atoms with van der Waals surface area (Å²) in [5.41, 5.74) is 7.72. The zero-order valence-electron chi connectivity index (χ0n) is 28.5. The van der Waals surface area contributed by atoms with Crippen LogP contribution in [0, 0.1) is 18.6 Å². The normalized spacial score (nSPS) is 11.7. The number of aryl methyl sites for hydroxylation is 1. The summed E-state index contributed by atoms with van der Waals surface area (Å²) in [5.74, 6) is 0.498. The molecule has 0 atom stereocenters. The van der Waals surface area contributed by atoms with Gasteiger partial charge in [0.25, 0.3) is 0 Å². The molecule has 0 aliphatic carbocycles. The van der Waals surface area contributed by atoms with Crippen LogP contribution in [0.2, 0.25) is 0 Å². The molecule has 53 heavy (non-hydrogen) atoms. The molecule has 0 unspecified atom stereocenters. The highest BCUT2D eigenvalue weighted by atomic mass is 19.1. The molecule has 10 rings (SSSR count). The average molecular weight is 690 g/mol. The van der Waals surface area contributed by atoms with Crippen LogP contribution >= 0.6 is 0 Å². The number of aromatic nitrogens is 5. The lowest BCUT2D eigenvalue weighted by molar-refractivity contribution is 0.573. The van der Waals surface area contributed by atoms with E-state index in [1.54, 1.807) is 4.57 Å². The molecule has 7 aromatic carbocycles. The van der Waals surface area contributed by atoms with Gasteiger partial charge in [0.1, 0.15) is 17.3 Å². The summed E-state index contributed by atoms with van der Waals surface area (Å²) in [5, 5.41) is 3.83. The van der Waals surface area contributed by atoms with E-state index < -0.39 is 11.6 Å². The summed E-state index contributed by atoms with van der Waals surface area (Å²) in [6, 6.07) is 50.3. The number of benzene rings is 7. The number of halogens is 2. The van der Waals surface area contributed by atoms with Crippen LogP contribution in [0.5, 0.6) is 0 Å². The summed E-state index contributed by atoms with van der Waals surface area (Å²) in [7, 11) is 0. The van der Waals surface area contributed by atoms with Crippen molar-refractivity contribution in [3.8, 4) is 45.5 Å². The Morgan fingerprint density at radius 2 is 0.925 bits per heavy atom. The van der Waals surface area contributed by atoms with Crippen molar-refractivity contribution >= 4 is 43.6 Å². The van der Waals surface area contributed by atoms with E-state index in [-0.39, 0.29) is 5.69 Å². The van der Waals surface area contributed by atoms with Crippen LogP contribution in [0.4, 0.5) is 8.78 Å². The Kier molecular flexibility index (Phi) is 7.01. The molecule has 0 N–H and O–H groups in total. The first-order valence-electron chi connectivity index (χ1n) is 17.4. The van der Waals surface area contributed by atoms with Gasteiger partial charge in [-0.2, -0.15) is 0 Å². The number of fused-ring (bicyclic) bond motifs is 7. The van der Waals surface area contributed by atoms with Gasteiger partial charge >= 0.3 is 0 Å². The van der Waals surface area contributed by atoms with Crippen LogP contribution in [0.15, 0.2) is 158 Å². The quantitative estimate of drug-likeness (QED) is 0.181. The van der Waals surface area contributed by atoms with Gasteiger partial charge in [0, 0.05) is 43.9 Å². The first-order valence-corrected chi connectivity index (χ1v) is 17.4. The summed E-state index contributed by atoms with van der Waals surface area (Å²) < 4.78 is 35.4. The number of nitrogens with zero attached hydrogens (tertiary/aromatic N) is 5. The van der Waals surface area contributed by atoms with Gasteiger partial charge in [0.2, 0.25) is 0 Å². The van der Waals surface area contributed by atoms with Crippen LogP contribution in [-0.4, -0.2) is 24.1 Å². The molecule has 7 heteroatoms. The second-order valence-corrected chi connectivity index (χ2v) is 13.2. The molecule has 0 saturated heterocycles. The molecular weight excluding hydrogens is 661 g/mol. The maximum absolute atomic E-state index is 15.7. The minimum atomic E-state index is -0.630. The molecule has 0 saturated carbocycles. The van der Waals surface area contributed by atoms with Crippen molar-refractivity contribution in [2.45, 2.75) is 6.92 Å². The van der Waals surface area contributed by atoms with E-state index in [4.69, 9.17) is 15.0 Å². The van der Waals surface area contributed by atoms with Crippen molar-refractivity contribution in [1.82, 2.24) is 24.1 Å². The fourth-order valence-electron chi connectivity index (χ4n) is 7.67. The Bertz CT molecular complexity index is 2960. The van der Waals surface area contributed by atoms with Crippen molar-refractivity contribution < 1.29 is 8.78 Å². The van der Waals surface area contributed by atoms with E-state index in [1.165, 1.54) is 18.2 Å². The summed E-state index contributed by atoms with van der Waals surface area (Å²) in [4.78, 5) is 14.8. The van der Waals surface area contributed by atoms with E-state index in [9.17, 15) is 0 Å². The highest BCUT2D eigenvalue weighted by Gasteiger charge is 2.24. The van der Waals surface area contributed by atoms with Crippen molar-refractivity contribution in [1.29, 1.82) is 0 Å². The van der Waals surface area contributed by atoms with Crippen molar-refractivity contribution in [2.24, 2.45) is 0 Å². The second kappa shape index (κ2) is 12.1. The zero-order chi connectivity index (χ0) is 35.6. The van der Waals surface area contributed by atoms with Gasteiger partial charge in [-0.1, -0.05) is 115 Å². The predicted octanol–water partition coefficient (Wildman–Crippen LogP) is 11.7. The maximum atomic E-state index is 15.7. The van der Waals surface area contributed by atoms with Crippen LogP contribution in [0.25, 0.3) is 89.2 Å². The largest absolute Gasteiger partial charge is 0.307 e. The molecule has 10 aromatic rings. The van der Waals surface area contributed by atoms with E-state index in [2.05, 4.69) is 54.0 Å². The van der Waals surface area contributed by atoms with Crippen molar-refractivity contribution in [3.05, 3.63) is 175 Å². The first kappa shape index (κ1) is 30.8. The van der Waals surface area contributed by atoms with E-state index >= 15 is 8.78 Å². The van der Waals surface area contributed by atoms with E-state index in [0.717, 1.165) is 71.6 Å². The van der Waals surface area contributed by atoms with Crippen molar-refractivity contribution in [3.63, 3.8) is 0 Å². The molecule has 0 aliphatic heterocycles. The van der Waals surface area contributed by atoms with Gasteiger partial charge in [-0.05, 0) is 55.0 Å². The highest BCUT2D eigenvalue weighted by Crippen LogP contribution is 2.42. The molecule has 0 spiro atoms. The van der Waals surface area contributed by atoms with Crippen LogP contribution < -0.4 is 0 Å². The fourth-order valence-corrected chi connectivity index (χ4v) is 7.67. The number of para-hydroxylation sites is 3. The lowest BCUT2D eigenvalue weighted by Gasteiger charge is -2.15. The third-order valence-electron chi connectivity index (χ3n) is 10.0. The molecule has 0 bridgehead atoms. The Labute approximate surface area is 303 Å². The summed E-state index contributed by atoms with van der Waals surface area (Å²) >= 11 is 0. The third-order valence-corrected chi connectivity index (χ3v) is 10.0. The molecule has 5 nitrogen and oxygen atoms in total. The number of rotatable bonds is 5. The van der Waals surface area contributed by atoms with E-state index in [1.807, 2.05) is 97.1 Å². The van der Waals surface area contributed by atoms with Crippen molar-refractivity contribution in [2.75, 3.05) is 0 Å². The van der Waals surface area contributed by atoms with Gasteiger partial charge < -0.3 is 9.13 Å². The highest BCUT2D eigenvalue weighted by molar-refractivity contribution is 6.23. The summed E-state index contributed by atoms with van der Waals surface area (Å²) in [6.07, 6.45) is 0. The molecule has 0 aliphatic rings. The standard InChI is InChI=1S/C46H29F2N5/c1-28-27-31(23-24-32(28)46-50-44(29-13-4-2-5-14-29)49-45(51-46)30-15-6-3-7-16-30)52-39-21-10-8-17-33(39)35-25-26-36-34-18-9-11-22-40(34)53(42(36)41(35)52)43-37(47)19-12-20-38(43)48/h2-27H,1H3. The number of hydrogen-bond donors (Lipinski definition) is 0. The third kappa shape index (κ3) is 4.85. The minimum absolute atomic E-state index is 0.104. The maximum Gasteiger partial charge on any atom is 0.164 e. The van der Waals surface area contributed by atoms with Gasteiger partial charge in [0.15, 0.2) is 17.5 Å². The lowest BCUT2D eigenvalue weighted by Crippen LogP contribution is -2.04. The number of hydrogen-bond acceptors (Lipinski definition) is 3. The monoisotopic (exact) mass is 689 g/mol. The second-order valence-electron chi connectivity index (χ2n) is 13.2. The Balaban J connectivity index is 1.25. The van der Waals surface area contributed by atoms with Crippen LogP contribution in [-0.2, 0) is 0 Å².